The largest absolute Gasteiger partial charge is 0.444 e. The van der Waals surface area contributed by atoms with Crippen molar-refractivity contribution in [1.29, 1.82) is 0 Å². The Bertz CT molecular complexity index is 428. The lowest BCUT2D eigenvalue weighted by atomic mass is 10.2. The van der Waals surface area contributed by atoms with Crippen LogP contribution in [0.25, 0.3) is 0 Å². The molecular weight excluding hydrogens is 242 g/mol. The summed E-state index contributed by atoms with van der Waals surface area (Å²) < 4.78 is 5.15. The molecule has 0 aliphatic carbocycles. The van der Waals surface area contributed by atoms with Crippen LogP contribution in [0.2, 0.25) is 0 Å². The number of hydrogen-bond acceptors (Lipinski definition) is 4. The molecule has 0 saturated carbocycles. The van der Waals surface area contributed by atoms with Gasteiger partial charge in [0.1, 0.15) is 5.60 Å². The number of carbonyl (C=O) groups excluding carboxylic acids is 1. The number of hydrogen-bond donors (Lipinski definition) is 2. The van der Waals surface area contributed by atoms with Crippen LogP contribution in [0.5, 0.6) is 0 Å². The first-order valence-electron chi connectivity index (χ1n) is 6.49. The molecule has 2 rings (SSSR count). The highest BCUT2D eigenvalue weighted by Crippen LogP contribution is 2.18. The Morgan fingerprint density at radius 2 is 2.32 bits per heavy atom. The lowest BCUT2D eigenvalue weighted by Gasteiger charge is -2.25. The molecule has 1 unspecified atom stereocenters. The zero-order chi connectivity index (χ0) is 13.9. The second-order valence-electron chi connectivity index (χ2n) is 5.58. The molecule has 1 atom stereocenters. The first kappa shape index (κ1) is 13.7. The average molecular weight is 263 g/mol. The summed E-state index contributed by atoms with van der Waals surface area (Å²) in [5, 5.41) is 5.88. The van der Waals surface area contributed by atoms with Gasteiger partial charge in [0.2, 0.25) is 0 Å². The Morgan fingerprint density at radius 3 is 2.95 bits per heavy atom. The lowest BCUT2D eigenvalue weighted by molar-refractivity contribution is 0.0552. The molecule has 5 heteroatoms. The minimum absolute atomic E-state index is 0.419. The molecule has 2 aliphatic heterocycles. The van der Waals surface area contributed by atoms with Crippen molar-refractivity contribution in [1.82, 2.24) is 15.5 Å². The van der Waals surface area contributed by atoms with E-state index in [4.69, 9.17) is 4.74 Å². The monoisotopic (exact) mass is 263 g/mol. The number of ether oxygens (including phenoxy) is 1. The van der Waals surface area contributed by atoms with E-state index >= 15 is 0 Å². The van der Waals surface area contributed by atoms with Crippen LogP contribution in [0.1, 0.15) is 20.8 Å². The minimum Gasteiger partial charge on any atom is -0.444 e. The smallest absolute Gasteiger partial charge is 0.411 e. The van der Waals surface area contributed by atoms with E-state index < -0.39 is 11.7 Å². The summed E-state index contributed by atoms with van der Waals surface area (Å²) >= 11 is 0. The van der Waals surface area contributed by atoms with Gasteiger partial charge in [-0.15, -0.1) is 0 Å². The summed E-state index contributed by atoms with van der Waals surface area (Å²) in [4.78, 5) is 13.7. The lowest BCUT2D eigenvalue weighted by Crippen LogP contribution is -2.31. The van der Waals surface area contributed by atoms with Gasteiger partial charge < -0.3 is 9.64 Å². The number of carbonyl (C=O) groups is 1. The standard InChI is InChI=1S/C14H21N3O2/c1-14(2,3)19-13(18)15-8-7-11-6-4-5-9-17(11)12-10-16-12/h4-8,12,16H,9-10H2,1-3H3,(H,15,18). The zero-order valence-corrected chi connectivity index (χ0v) is 11.6. The molecule has 0 radical (unpaired) electrons. The maximum atomic E-state index is 11.5. The van der Waals surface area contributed by atoms with E-state index in [1.807, 2.05) is 39.0 Å². The van der Waals surface area contributed by atoms with Crippen LogP contribution in [-0.2, 0) is 4.74 Å². The SMILES string of the molecule is CC(C)(C)OC(=O)NC=CC1=CC=CCN1C1CN1. The van der Waals surface area contributed by atoms with Crippen molar-refractivity contribution in [3.8, 4) is 0 Å². The number of amides is 1. The highest BCUT2D eigenvalue weighted by molar-refractivity contribution is 5.68. The summed E-state index contributed by atoms with van der Waals surface area (Å²) in [5.41, 5.74) is 0.600. The average Bonchev–Trinajstić information content (AvgIpc) is 3.11. The fraction of sp³-hybridized carbons (Fsp3) is 0.500. The molecule has 0 spiro atoms. The Kier molecular flexibility index (Phi) is 3.95. The van der Waals surface area contributed by atoms with Crippen LogP contribution >= 0.6 is 0 Å². The summed E-state index contributed by atoms with van der Waals surface area (Å²) in [6.07, 6.45) is 9.64. The van der Waals surface area contributed by atoms with Crippen molar-refractivity contribution in [2.75, 3.05) is 13.1 Å². The third-order valence-electron chi connectivity index (χ3n) is 2.65. The fourth-order valence-corrected chi connectivity index (χ4v) is 1.78. The molecule has 2 aliphatic rings. The normalized spacial score (nSPS) is 22.4. The summed E-state index contributed by atoms with van der Waals surface area (Å²) in [6, 6.07) is 0. The van der Waals surface area contributed by atoms with E-state index in [0.29, 0.717) is 6.17 Å². The van der Waals surface area contributed by atoms with Gasteiger partial charge in [-0.1, -0.05) is 12.2 Å². The highest BCUT2D eigenvalue weighted by atomic mass is 16.6. The van der Waals surface area contributed by atoms with Crippen LogP contribution in [0.4, 0.5) is 4.79 Å². The number of rotatable bonds is 3. The molecule has 1 saturated heterocycles. The molecule has 2 heterocycles. The molecule has 1 fully saturated rings. The van der Waals surface area contributed by atoms with Gasteiger partial charge in [0.25, 0.3) is 0 Å². The molecule has 5 nitrogen and oxygen atoms in total. The number of nitrogens with zero attached hydrogens (tertiary/aromatic N) is 1. The van der Waals surface area contributed by atoms with Crippen molar-refractivity contribution < 1.29 is 9.53 Å². The van der Waals surface area contributed by atoms with Crippen molar-refractivity contribution in [3.63, 3.8) is 0 Å². The predicted molar refractivity (Wildman–Crippen MR) is 74.2 cm³/mol. The quantitative estimate of drug-likeness (QED) is 0.761. The Labute approximate surface area is 114 Å². The Morgan fingerprint density at radius 1 is 1.58 bits per heavy atom. The predicted octanol–water partition coefficient (Wildman–Crippen LogP) is 1.71. The van der Waals surface area contributed by atoms with Crippen LogP contribution in [0.15, 0.2) is 36.2 Å². The van der Waals surface area contributed by atoms with Gasteiger partial charge in [0.15, 0.2) is 0 Å². The van der Waals surface area contributed by atoms with E-state index in [1.54, 1.807) is 6.20 Å². The van der Waals surface area contributed by atoms with Crippen molar-refractivity contribution in [2.45, 2.75) is 32.5 Å². The van der Waals surface area contributed by atoms with E-state index in [0.717, 1.165) is 18.8 Å². The molecule has 2 N–H and O–H groups in total. The Balaban J connectivity index is 1.85. The Hall–Kier alpha value is -1.75. The van der Waals surface area contributed by atoms with Crippen LogP contribution < -0.4 is 10.6 Å². The van der Waals surface area contributed by atoms with Gasteiger partial charge in [0.05, 0.1) is 6.17 Å². The molecule has 104 valence electrons. The summed E-state index contributed by atoms with van der Waals surface area (Å²) in [6.45, 7) is 7.42. The fourth-order valence-electron chi connectivity index (χ4n) is 1.78. The number of alkyl carbamates (subject to hydrolysis) is 1. The van der Waals surface area contributed by atoms with Crippen LogP contribution in [0.3, 0.4) is 0 Å². The van der Waals surface area contributed by atoms with Gasteiger partial charge in [-0.25, -0.2) is 4.79 Å². The number of allylic oxidation sites excluding steroid dienone is 3. The molecule has 0 bridgehead atoms. The molecular formula is C14H21N3O2. The first-order chi connectivity index (χ1) is 8.96. The van der Waals surface area contributed by atoms with Crippen molar-refractivity contribution in [3.05, 3.63) is 36.2 Å². The topological polar surface area (TPSA) is 63.5 Å². The van der Waals surface area contributed by atoms with E-state index in [2.05, 4.69) is 21.6 Å². The molecule has 0 aromatic rings. The minimum atomic E-state index is -0.477. The highest BCUT2D eigenvalue weighted by Gasteiger charge is 2.28. The maximum Gasteiger partial charge on any atom is 0.411 e. The maximum absolute atomic E-state index is 11.5. The second-order valence-corrected chi connectivity index (χ2v) is 5.58. The molecule has 1 amide bonds. The molecule has 0 aromatic carbocycles. The van der Waals surface area contributed by atoms with Gasteiger partial charge in [-0.2, -0.15) is 0 Å². The van der Waals surface area contributed by atoms with Gasteiger partial charge in [-0.3, -0.25) is 10.6 Å². The van der Waals surface area contributed by atoms with Gasteiger partial charge in [-0.05, 0) is 32.9 Å². The van der Waals surface area contributed by atoms with E-state index in [-0.39, 0.29) is 0 Å². The van der Waals surface area contributed by atoms with Crippen molar-refractivity contribution in [2.24, 2.45) is 0 Å². The number of nitrogens with one attached hydrogen (secondary N) is 2. The zero-order valence-electron chi connectivity index (χ0n) is 11.6. The molecule has 19 heavy (non-hydrogen) atoms. The van der Waals surface area contributed by atoms with E-state index in [1.165, 1.54) is 0 Å². The van der Waals surface area contributed by atoms with Crippen molar-refractivity contribution >= 4 is 6.09 Å². The summed E-state index contributed by atoms with van der Waals surface area (Å²) in [5.74, 6) is 0. The summed E-state index contributed by atoms with van der Waals surface area (Å²) in [7, 11) is 0. The second kappa shape index (κ2) is 5.48. The van der Waals surface area contributed by atoms with Crippen LogP contribution in [-0.4, -0.2) is 35.8 Å². The molecule has 0 aromatic heterocycles. The first-order valence-corrected chi connectivity index (χ1v) is 6.49. The third kappa shape index (κ3) is 4.44. The van der Waals surface area contributed by atoms with Gasteiger partial charge >= 0.3 is 6.09 Å². The third-order valence-corrected chi connectivity index (χ3v) is 2.65. The van der Waals surface area contributed by atoms with Crippen LogP contribution in [0, 0.1) is 0 Å². The van der Waals surface area contributed by atoms with E-state index in [9.17, 15) is 4.79 Å². The van der Waals surface area contributed by atoms with Gasteiger partial charge in [0, 0.05) is 25.0 Å².